The average Bonchev–Trinajstić information content (AvgIpc) is 2.44. The monoisotopic (exact) mass is 311 g/mol. The molecular formula is C17H33N3O2. The van der Waals surface area contributed by atoms with Crippen molar-refractivity contribution in [1.29, 1.82) is 0 Å². The Bertz CT molecular complexity index is 376. The number of hydrogen-bond acceptors (Lipinski definition) is 4. The van der Waals surface area contributed by atoms with Gasteiger partial charge in [-0.25, -0.2) is 0 Å². The van der Waals surface area contributed by atoms with Gasteiger partial charge in [0.25, 0.3) is 0 Å². The molecule has 1 heterocycles. The summed E-state index contributed by atoms with van der Waals surface area (Å²) in [7, 11) is 0. The molecule has 0 aromatic heterocycles. The normalized spacial score (nSPS) is 34.4. The van der Waals surface area contributed by atoms with E-state index in [4.69, 9.17) is 10.5 Å². The maximum Gasteiger partial charge on any atom is 0.223 e. The highest BCUT2D eigenvalue weighted by molar-refractivity contribution is 5.78. The molecule has 5 heteroatoms. The minimum Gasteiger partial charge on any atom is -0.373 e. The highest BCUT2D eigenvalue weighted by Crippen LogP contribution is 2.24. The lowest BCUT2D eigenvalue weighted by molar-refractivity contribution is -0.127. The van der Waals surface area contributed by atoms with E-state index in [1.165, 1.54) is 0 Å². The molecule has 0 aromatic carbocycles. The number of carbonyl (C=O) groups is 1. The van der Waals surface area contributed by atoms with Crippen LogP contribution in [0.25, 0.3) is 0 Å². The SMILES string of the molecule is CC1CN(C(C)(C)CNC(=O)C2CCCC(N)C2)CC(C)O1. The second kappa shape index (κ2) is 7.28. The molecule has 1 aliphatic carbocycles. The Morgan fingerprint density at radius 1 is 1.27 bits per heavy atom. The molecule has 0 bridgehead atoms. The summed E-state index contributed by atoms with van der Waals surface area (Å²) < 4.78 is 5.80. The molecule has 1 saturated carbocycles. The smallest absolute Gasteiger partial charge is 0.223 e. The van der Waals surface area contributed by atoms with E-state index in [9.17, 15) is 4.79 Å². The van der Waals surface area contributed by atoms with E-state index in [-0.39, 0.29) is 35.6 Å². The van der Waals surface area contributed by atoms with Crippen molar-refractivity contribution in [3.8, 4) is 0 Å². The van der Waals surface area contributed by atoms with E-state index in [2.05, 4.69) is 37.9 Å². The Labute approximate surface area is 134 Å². The van der Waals surface area contributed by atoms with Crippen molar-refractivity contribution >= 4 is 5.91 Å². The van der Waals surface area contributed by atoms with Crippen molar-refractivity contribution < 1.29 is 9.53 Å². The summed E-state index contributed by atoms with van der Waals surface area (Å²) in [4.78, 5) is 14.8. The number of nitrogens with one attached hydrogen (secondary N) is 1. The van der Waals surface area contributed by atoms with Crippen LogP contribution in [0.2, 0.25) is 0 Å². The van der Waals surface area contributed by atoms with Gasteiger partial charge >= 0.3 is 0 Å². The third-order valence-corrected chi connectivity index (χ3v) is 5.06. The molecule has 0 radical (unpaired) electrons. The standard InChI is InChI=1S/C17H33N3O2/c1-12-9-20(10-13(2)22-12)17(3,4)11-19-16(21)14-6-5-7-15(18)8-14/h12-15H,5-11,18H2,1-4H3,(H,19,21). The Kier molecular flexibility index (Phi) is 5.86. The van der Waals surface area contributed by atoms with Gasteiger partial charge in [-0.3, -0.25) is 9.69 Å². The van der Waals surface area contributed by atoms with Crippen LogP contribution in [0.15, 0.2) is 0 Å². The zero-order valence-corrected chi connectivity index (χ0v) is 14.6. The Hall–Kier alpha value is -0.650. The van der Waals surface area contributed by atoms with Crippen LogP contribution in [0.1, 0.15) is 53.4 Å². The molecule has 2 aliphatic rings. The molecule has 3 N–H and O–H groups in total. The summed E-state index contributed by atoms with van der Waals surface area (Å²) in [5.74, 6) is 0.277. The van der Waals surface area contributed by atoms with Gasteiger partial charge in [-0.05, 0) is 47.0 Å². The van der Waals surface area contributed by atoms with Gasteiger partial charge in [0.05, 0.1) is 12.2 Å². The highest BCUT2D eigenvalue weighted by Gasteiger charge is 2.34. The predicted molar refractivity (Wildman–Crippen MR) is 88.6 cm³/mol. The van der Waals surface area contributed by atoms with Crippen LogP contribution in [0.5, 0.6) is 0 Å². The van der Waals surface area contributed by atoms with Gasteiger partial charge < -0.3 is 15.8 Å². The number of rotatable bonds is 4. The van der Waals surface area contributed by atoms with Gasteiger partial charge in [0.2, 0.25) is 5.91 Å². The van der Waals surface area contributed by atoms with Crippen molar-refractivity contribution in [3.05, 3.63) is 0 Å². The topological polar surface area (TPSA) is 67.6 Å². The van der Waals surface area contributed by atoms with Crippen LogP contribution in [-0.4, -0.2) is 54.2 Å². The van der Waals surface area contributed by atoms with Gasteiger partial charge in [-0.1, -0.05) is 6.42 Å². The number of nitrogens with two attached hydrogens (primary N) is 1. The van der Waals surface area contributed by atoms with Crippen LogP contribution in [-0.2, 0) is 9.53 Å². The molecule has 4 atom stereocenters. The summed E-state index contributed by atoms with van der Waals surface area (Å²) in [5.41, 5.74) is 5.93. The first kappa shape index (κ1) is 17.7. The molecule has 0 aromatic rings. The second-order valence-electron chi connectivity index (χ2n) is 7.82. The van der Waals surface area contributed by atoms with E-state index < -0.39 is 0 Å². The molecule has 2 fully saturated rings. The summed E-state index contributed by atoms with van der Waals surface area (Å²) in [6, 6.07) is 0.193. The van der Waals surface area contributed by atoms with E-state index in [1.54, 1.807) is 0 Å². The van der Waals surface area contributed by atoms with Crippen molar-refractivity contribution in [2.45, 2.75) is 77.2 Å². The van der Waals surface area contributed by atoms with Crippen molar-refractivity contribution in [1.82, 2.24) is 10.2 Å². The minimum absolute atomic E-state index is 0.0568. The van der Waals surface area contributed by atoms with Gasteiger partial charge in [0.1, 0.15) is 0 Å². The van der Waals surface area contributed by atoms with Crippen molar-refractivity contribution in [2.24, 2.45) is 11.7 Å². The minimum atomic E-state index is -0.0568. The highest BCUT2D eigenvalue weighted by atomic mass is 16.5. The van der Waals surface area contributed by atoms with E-state index in [1.807, 2.05) is 0 Å². The fourth-order valence-electron chi connectivity index (χ4n) is 3.70. The first-order valence-electron chi connectivity index (χ1n) is 8.71. The molecule has 0 spiro atoms. The van der Waals surface area contributed by atoms with Crippen LogP contribution >= 0.6 is 0 Å². The van der Waals surface area contributed by atoms with Gasteiger partial charge in [0.15, 0.2) is 0 Å². The third kappa shape index (κ3) is 4.67. The van der Waals surface area contributed by atoms with Crippen molar-refractivity contribution in [3.63, 3.8) is 0 Å². The fourth-order valence-corrected chi connectivity index (χ4v) is 3.70. The van der Waals surface area contributed by atoms with E-state index in [0.29, 0.717) is 6.54 Å². The maximum absolute atomic E-state index is 12.4. The lowest BCUT2D eigenvalue weighted by atomic mass is 9.85. The molecule has 5 nitrogen and oxygen atoms in total. The largest absolute Gasteiger partial charge is 0.373 e. The first-order valence-corrected chi connectivity index (χ1v) is 8.71. The molecule has 128 valence electrons. The Balaban J connectivity index is 1.84. The number of ether oxygens (including phenoxy) is 1. The molecule has 1 amide bonds. The molecular weight excluding hydrogens is 278 g/mol. The molecule has 4 unspecified atom stereocenters. The van der Waals surface area contributed by atoms with Gasteiger partial charge in [0, 0.05) is 37.1 Å². The summed E-state index contributed by atoms with van der Waals surface area (Å²) in [6.45, 7) is 11.1. The molecule has 1 saturated heterocycles. The van der Waals surface area contributed by atoms with Crippen LogP contribution in [0.3, 0.4) is 0 Å². The Morgan fingerprint density at radius 3 is 2.50 bits per heavy atom. The summed E-state index contributed by atoms with van der Waals surface area (Å²) >= 11 is 0. The van der Waals surface area contributed by atoms with Crippen LogP contribution < -0.4 is 11.1 Å². The van der Waals surface area contributed by atoms with E-state index in [0.717, 1.165) is 38.8 Å². The zero-order chi connectivity index (χ0) is 16.3. The number of nitrogens with zero attached hydrogens (tertiary/aromatic N) is 1. The predicted octanol–water partition coefficient (Wildman–Crippen LogP) is 1.51. The second-order valence-corrected chi connectivity index (χ2v) is 7.82. The molecule has 1 aliphatic heterocycles. The van der Waals surface area contributed by atoms with Crippen LogP contribution in [0, 0.1) is 5.92 Å². The average molecular weight is 311 g/mol. The number of morpholine rings is 1. The third-order valence-electron chi connectivity index (χ3n) is 5.06. The summed E-state index contributed by atoms with van der Waals surface area (Å²) in [6.07, 6.45) is 4.42. The van der Waals surface area contributed by atoms with Crippen molar-refractivity contribution in [2.75, 3.05) is 19.6 Å². The van der Waals surface area contributed by atoms with Gasteiger partial charge in [-0.15, -0.1) is 0 Å². The van der Waals surface area contributed by atoms with Crippen LogP contribution in [0.4, 0.5) is 0 Å². The lowest BCUT2D eigenvalue weighted by Gasteiger charge is -2.45. The fraction of sp³-hybridized carbons (Fsp3) is 0.941. The Morgan fingerprint density at radius 2 is 1.91 bits per heavy atom. The number of amides is 1. The van der Waals surface area contributed by atoms with E-state index >= 15 is 0 Å². The number of carbonyl (C=O) groups excluding carboxylic acids is 1. The maximum atomic E-state index is 12.4. The molecule has 22 heavy (non-hydrogen) atoms. The molecule has 2 rings (SSSR count). The number of hydrogen-bond donors (Lipinski definition) is 2. The zero-order valence-electron chi connectivity index (χ0n) is 14.6. The quantitative estimate of drug-likeness (QED) is 0.826. The van der Waals surface area contributed by atoms with Gasteiger partial charge in [-0.2, -0.15) is 0 Å². The lowest BCUT2D eigenvalue weighted by Crippen LogP contribution is -2.59. The first-order chi connectivity index (χ1) is 10.3. The summed E-state index contributed by atoms with van der Waals surface area (Å²) in [5, 5.41) is 3.16.